The molecule has 0 unspecified atom stereocenters. The van der Waals surface area contributed by atoms with Crippen molar-refractivity contribution in [1.82, 2.24) is 4.98 Å². The number of hydrogen-bond acceptors (Lipinski definition) is 7. The van der Waals surface area contributed by atoms with Crippen LogP contribution in [-0.4, -0.2) is 32.1 Å². The fraction of sp³-hybridized carbons (Fsp3) is 0.120. The molecule has 0 atom stereocenters. The van der Waals surface area contributed by atoms with Crippen LogP contribution in [0, 0.1) is 0 Å². The van der Waals surface area contributed by atoms with E-state index in [9.17, 15) is 4.79 Å². The second-order valence-electron chi connectivity index (χ2n) is 6.68. The van der Waals surface area contributed by atoms with Gasteiger partial charge in [-0.25, -0.2) is 4.98 Å². The Morgan fingerprint density at radius 2 is 1.72 bits per heavy atom. The number of Topliss-reactive ketones (excluding diaryl/α,β-unsaturated/α-hetero) is 1. The Hall–Kier alpha value is -4.26. The van der Waals surface area contributed by atoms with Crippen LogP contribution in [0.2, 0.25) is 0 Å². The van der Waals surface area contributed by atoms with Crippen molar-refractivity contribution in [2.24, 2.45) is 0 Å². The molecule has 0 aliphatic heterocycles. The van der Waals surface area contributed by atoms with E-state index in [2.05, 4.69) is 4.98 Å². The van der Waals surface area contributed by atoms with Crippen LogP contribution in [0.4, 0.5) is 0 Å². The first-order valence-electron chi connectivity index (χ1n) is 9.77. The fourth-order valence-corrected chi connectivity index (χ4v) is 3.22. The van der Waals surface area contributed by atoms with E-state index in [1.54, 1.807) is 48.8 Å². The topological polar surface area (TPSA) is 83.9 Å². The molecule has 32 heavy (non-hydrogen) atoms. The van der Waals surface area contributed by atoms with Crippen molar-refractivity contribution in [3.8, 4) is 17.2 Å². The maximum Gasteiger partial charge on any atom is 0.231 e. The number of oxazole rings is 1. The van der Waals surface area contributed by atoms with Gasteiger partial charge in [0.2, 0.25) is 11.6 Å². The highest BCUT2D eigenvalue weighted by Crippen LogP contribution is 2.39. The minimum Gasteiger partial charge on any atom is -0.493 e. The van der Waals surface area contributed by atoms with Crippen LogP contribution < -0.4 is 14.2 Å². The van der Waals surface area contributed by atoms with Crippen LogP contribution in [-0.2, 0) is 0 Å². The summed E-state index contributed by atoms with van der Waals surface area (Å²) in [6.45, 7) is 0. The molecule has 2 aromatic carbocycles. The molecular weight excluding hydrogens is 410 g/mol. The highest BCUT2D eigenvalue weighted by atomic mass is 16.5. The maximum atomic E-state index is 13.6. The van der Waals surface area contributed by atoms with Gasteiger partial charge >= 0.3 is 0 Å². The summed E-state index contributed by atoms with van der Waals surface area (Å²) in [7, 11) is 4.50. The van der Waals surface area contributed by atoms with E-state index in [1.165, 1.54) is 21.3 Å². The first-order chi connectivity index (χ1) is 15.6. The number of benzene rings is 2. The minimum absolute atomic E-state index is 0.203. The molecule has 0 N–H and O–H groups in total. The maximum absolute atomic E-state index is 13.6. The number of carbonyl (C=O) groups is 1. The first kappa shape index (κ1) is 21.0. The van der Waals surface area contributed by atoms with Crippen LogP contribution >= 0.6 is 0 Å². The lowest BCUT2D eigenvalue weighted by atomic mass is 10.0. The van der Waals surface area contributed by atoms with Gasteiger partial charge in [-0.05, 0) is 48.6 Å². The van der Waals surface area contributed by atoms with Gasteiger partial charge in [0.1, 0.15) is 11.3 Å². The molecule has 7 nitrogen and oxygen atoms in total. The molecule has 2 heterocycles. The SMILES string of the molecule is COc1cc(C(=O)C(=CC=Cc2ccco2)c2nc3ccccc3o2)cc(OC)c1OC. The van der Waals surface area contributed by atoms with E-state index >= 15 is 0 Å². The summed E-state index contributed by atoms with van der Waals surface area (Å²) >= 11 is 0. The summed E-state index contributed by atoms with van der Waals surface area (Å²) in [5.41, 5.74) is 1.83. The van der Waals surface area contributed by atoms with Gasteiger partial charge in [-0.15, -0.1) is 0 Å². The van der Waals surface area contributed by atoms with Crippen molar-refractivity contribution in [1.29, 1.82) is 0 Å². The third-order valence-corrected chi connectivity index (χ3v) is 4.76. The zero-order chi connectivity index (χ0) is 22.5. The quantitative estimate of drug-likeness (QED) is 0.209. The predicted molar refractivity (Wildman–Crippen MR) is 120 cm³/mol. The van der Waals surface area contributed by atoms with Crippen LogP contribution in [0.1, 0.15) is 22.0 Å². The molecule has 0 fully saturated rings. The van der Waals surface area contributed by atoms with E-state index in [4.69, 9.17) is 23.0 Å². The van der Waals surface area contributed by atoms with Crippen LogP contribution in [0.25, 0.3) is 22.7 Å². The first-order valence-corrected chi connectivity index (χ1v) is 9.77. The Bertz CT molecular complexity index is 1240. The number of rotatable bonds is 8. The highest BCUT2D eigenvalue weighted by molar-refractivity contribution is 6.28. The standard InChI is InChI=1S/C25H21NO6/c1-28-21-14-16(15-22(29-2)24(21)30-3)23(27)18(10-6-8-17-9-7-13-31-17)25-26-19-11-4-5-12-20(19)32-25/h4-15H,1-3H3. The molecule has 0 amide bonds. The molecule has 0 aliphatic rings. The summed E-state index contributed by atoms with van der Waals surface area (Å²) in [4.78, 5) is 18.1. The molecule has 0 bridgehead atoms. The number of methoxy groups -OCH3 is 3. The molecule has 7 heteroatoms. The lowest BCUT2D eigenvalue weighted by Gasteiger charge is -2.14. The molecular formula is C25H21NO6. The smallest absolute Gasteiger partial charge is 0.231 e. The Kier molecular flexibility index (Phi) is 6.07. The van der Waals surface area contributed by atoms with E-state index in [0.717, 1.165) is 0 Å². The molecule has 2 aromatic heterocycles. The molecule has 162 valence electrons. The monoisotopic (exact) mass is 431 g/mol. The number of allylic oxidation sites excluding steroid dienone is 3. The zero-order valence-corrected chi connectivity index (χ0v) is 17.8. The van der Waals surface area contributed by atoms with Gasteiger partial charge in [-0.1, -0.05) is 18.2 Å². The van der Waals surface area contributed by atoms with Gasteiger partial charge in [0.25, 0.3) is 0 Å². The second kappa shape index (κ2) is 9.26. The van der Waals surface area contributed by atoms with Crippen molar-refractivity contribution in [3.63, 3.8) is 0 Å². The van der Waals surface area contributed by atoms with Crippen molar-refractivity contribution >= 4 is 28.5 Å². The average Bonchev–Trinajstić information content (AvgIpc) is 3.50. The Balaban J connectivity index is 1.81. The van der Waals surface area contributed by atoms with Crippen molar-refractivity contribution in [2.75, 3.05) is 21.3 Å². The van der Waals surface area contributed by atoms with E-state index in [0.29, 0.717) is 39.7 Å². The fourth-order valence-electron chi connectivity index (χ4n) is 3.22. The number of fused-ring (bicyclic) bond motifs is 1. The number of hydrogen-bond donors (Lipinski definition) is 0. The van der Waals surface area contributed by atoms with Crippen molar-refractivity contribution in [2.45, 2.75) is 0 Å². The largest absolute Gasteiger partial charge is 0.493 e. The Labute approximate surface area is 184 Å². The summed E-state index contributed by atoms with van der Waals surface area (Å²) in [6.07, 6.45) is 6.66. The summed E-state index contributed by atoms with van der Waals surface area (Å²) in [5, 5.41) is 0. The third-order valence-electron chi connectivity index (χ3n) is 4.76. The lowest BCUT2D eigenvalue weighted by Crippen LogP contribution is -2.05. The molecule has 0 saturated heterocycles. The molecule has 0 radical (unpaired) electrons. The normalized spacial score (nSPS) is 11.8. The summed E-state index contributed by atoms with van der Waals surface area (Å²) in [6, 6.07) is 14.1. The molecule has 4 rings (SSSR count). The average molecular weight is 431 g/mol. The van der Waals surface area contributed by atoms with Crippen molar-refractivity contribution in [3.05, 3.63) is 84.2 Å². The summed E-state index contributed by atoms with van der Waals surface area (Å²) < 4.78 is 27.3. The van der Waals surface area contributed by atoms with E-state index in [1.807, 2.05) is 24.3 Å². The molecule has 0 aliphatic carbocycles. The number of ketones is 1. The third kappa shape index (κ3) is 4.13. The highest BCUT2D eigenvalue weighted by Gasteiger charge is 2.23. The zero-order valence-electron chi connectivity index (χ0n) is 17.8. The molecule has 4 aromatic rings. The number of aromatic nitrogens is 1. The number of carbonyl (C=O) groups excluding carboxylic acids is 1. The van der Waals surface area contributed by atoms with E-state index in [-0.39, 0.29) is 17.2 Å². The second-order valence-corrected chi connectivity index (χ2v) is 6.68. The Morgan fingerprint density at radius 1 is 0.969 bits per heavy atom. The number of ether oxygens (including phenoxy) is 3. The van der Waals surface area contributed by atoms with Gasteiger partial charge in [0, 0.05) is 5.56 Å². The van der Waals surface area contributed by atoms with Gasteiger partial charge < -0.3 is 23.0 Å². The minimum atomic E-state index is -0.320. The molecule has 0 spiro atoms. The van der Waals surface area contributed by atoms with Gasteiger partial charge in [0.05, 0.1) is 33.2 Å². The molecule has 0 saturated carbocycles. The van der Waals surface area contributed by atoms with Gasteiger partial charge in [-0.3, -0.25) is 4.79 Å². The van der Waals surface area contributed by atoms with Crippen LogP contribution in [0.15, 0.2) is 75.8 Å². The number of furan rings is 1. The van der Waals surface area contributed by atoms with Crippen LogP contribution in [0.5, 0.6) is 17.2 Å². The lowest BCUT2D eigenvalue weighted by molar-refractivity contribution is 0.105. The predicted octanol–water partition coefficient (Wildman–Crippen LogP) is 5.43. The summed E-state index contributed by atoms with van der Waals surface area (Å²) in [5.74, 6) is 1.68. The van der Waals surface area contributed by atoms with Crippen LogP contribution in [0.3, 0.4) is 0 Å². The number of para-hydroxylation sites is 2. The van der Waals surface area contributed by atoms with E-state index < -0.39 is 0 Å². The Morgan fingerprint density at radius 3 is 2.34 bits per heavy atom. The van der Waals surface area contributed by atoms with Gasteiger partial charge in [0.15, 0.2) is 22.9 Å². The van der Waals surface area contributed by atoms with Crippen molar-refractivity contribution < 1.29 is 27.8 Å². The van der Waals surface area contributed by atoms with Gasteiger partial charge in [-0.2, -0.15) is 0 Å². The number of nitrogens with zero attached hydrogens (tertiary/aromatic N) is 1.